The lowest BCUT2D eigenvalue weighted by molar-refractivity contribution is -0.677. The van der Waals surface area contributed by atoms with Crippen LogP contribution in [0.4, 0.5) is 0 Å². The minimum Gasteiger partial charge on any atom is -1.00 e. The number of halogens is 2. The first kappa shape index (κ1) is 20.6. The summed E-state index contributed by atoms with van der Waals surface area (Å²) in [5, 5.41) is 0. The van der Waals surface area contributed by atoms with Crippen LogP contribution in [0.25, 0.3) is 0 Å². The van der Waals surface area contributed by atoms with Crippen molar-refractivity contribution in [1.29, 1.82) is 0 Å². The van der Waals surface area contributed by atoms with Gasteiger partial charge in [-0.2, -0.15) is 0 Å². The number of aromatic nitrogens is 4. The SMILES string of the molecule is Cc1n(Cc2ccc(Cn3cc[n+](C)c3C)cc2)cc[n+]1C.[Br-].[Br-]. The Bertz CT molecular complexity index is 721. The van der Waals surface area contributed by atoms with Gasteiger partial charge in [0.15, 0.2) is 0 Å². The summed E-state index contributed by atoms with van der Waals surface area (Å²) < 4.78 is 8.82. The summed E-state index contributed by atoms with van der Waals surface area (Å²) in [6.07, 6.45) is 8.45. The Morgan fingerprint density at radius 3 is 1.29 bits per heavy atom. The van der Waals surface area contributed by atoms with Crippen molar-refractivity contribution in [3.05, 3.63) is 71.8 Å². The maximum absolute atomic E-state index is 2.27. The van der Waals surface area contributed by atoms with E-state index in [-0.39, 0.29) is 34.0 Å². The van der Waals surface area contributed by atoms with E-state index in [9.17, 15) is 0 Å². The van der Waals surface area contributed by atoms with E-state index in [0.29, 0.717) is 0 Å². The molecule has 2 aromatic heterocycles. The number of aryl methyl sites for hydroxylation is 2. The number of rotatable bonds is 4. The quantitative estimate of drug-likeness (QED) is 0.354. The summed E-state index contributed by atoms with van der Waals surface area (Å²) in [4.78, 5) is 0. The molecule has 0 fully saturated rings. The van der Waals surface area contributed by atoms with Gasteiger partial charge >= 0.3 is 0 Å². The Morgan fingerprint density at radius 2 is 1.04 bits per heavy atom. The first-order valence-electron chi connectivity index (χ1n) is 7.65. The minimum absolute atomic E-state index is 0. The molecule has 0 saturated heterocycles. The number of hydrogen-bond acceptors (Lipinski definition) is 0. The molecule has 24 heavy (non-hydrogen) atoms. The molecule has 4 nitrogen and oxygen atoms in total. The lowest BCUT2D eigenvalue weighted by Crippen LogP contribution is -3.00. The Balaban J connectivity index is 0.00000144. The average Bonchev–Trinajstić information content (AvgIpc) is 3.00. The van der Waals surface area contributed by atoms with Gasteiger partial charge in [0, 0.05) is 13.8 Å². The molecule has 0 aliphatic heterocycles. The van der Waals surface area contributed by atoms with Crippen LogP contribution in [0.3, 0.4) is 0 Å². The van der Waals surface area contributed by atoms with Crippen molar-refractivity contribution in [2.45, 2.75) is 26.9 Å². The van der Waals surface area contributed by atoms with Gasteiger partial charge < -0.3 is 34.0 Å². The predicted molar refractivity (Wildman–Crippen MR) is 85.3 cm³/mol. The highest BCUT2D eigenvalue weighted by atomic mass is 79.9. The molecular weight excluding hydrogens is 432 g/mol. The summed E-state index contributed by atoms with van der Waals surface area (Å²) in [5.41, 5.74) is 2.66. The highest BCUT2D eigenvalue weighted by Gasteiger charge is 2.11. The van der Waals surface area contributed by atoms with Crippen LogP contribution in [0, 0.1) is 13.8 Å². The van der Waals surface area contributed by atoms with Crippen molar-refractivity contribution in [3.63, 3.8) is 0 Å². The molecule has 0 amide bonds. The molecule has 0 N–H and O–H groups in total. The van der Waals surface area contributed by atoms with Crippen LogP contribution in [0.5, 0.6) is 0 Å². The molecule has 0 saturated carbocycles. The third kappa shape index (κ3) is 4.36. The number of benzene rings is 1. The number of imidazole rings is 2. The lowest BCUT2D eigenvalue weighted by atomic mass is 10.1. The van der Waals surface area contributed by atoms with E-state index in [2.05, 4.69) is 95.3 Å². The maximum Gasteiger partial charge on any atom is 0.253 e. The highest BCUT2D eigenvalue weighted by Crippen LogP contribution is 2.09. The molecule has 0 aliphatic rings. The standard InChI is InChI=1S/C18H24N4.2BrH/c1-15-19(3)9-11-21(15)13-17-5-7-18(8-6-17)14-22-12-10-20(4)16(22)2;;/h5-12H,13-14H2,1-4H3;2*1H/q+2;;/p-2. The Labute approximate surface area is 164 Å². The molecule has 0 spiro atoms. The first-order valence-corrected chi connectivity index (χ1v) is 7.65. The third-order valence-corrected chi connectivity index (χ3v) is 4.52. The fourth-order valence-electron chi connectivity index (χ4n) is 2.68. The predicted octanol–water partition coefficient (Wildman–Crippen LogP) is -4.34. The molecule has 130 valence electrons. The van der Waals surface area contributed by atoms with Crippen molar-refractivity contribution in [1.82, 2.24) is 9.13 Å². The summed E-state index contributed by atoms with van der Waals surface area (Å²) in [6.45, 7) is 6.13. The van der Waals surface area contributed by atoms with Crippen molar-refractivity contribution in [3.8, 4) is 0 Å². The van der Waals surface area contributed by atoms with Crippen molar-refractivity contribution >= 4 is 0 Å². The van der Waals surface area contributed by atoms with E-state index in [1.807, 2.05) is 0 Å². The molecule has 2 heterocycles. The highest BCUT2D eigenvalue weighted by molar-refractivity contribution is 5.23. The van der Waals surface area contributed by atoms with Gasteiger partial charge in [-0.15, -0.1) is 0 Å². The Hall–Kier alpha value is -1.40. The molecule has 3 aromatic rings. The second kappa shape index (κ2) is 8.62. The monoisotopic (exact) mass is 454 g/mol. The maximum atomic E-state index is 2.27. The van der Waals surface area contributed by atoms with Gasteiger partial charge in [-0.25, -0.2) is 18.3 Å². The van der Waals surface area contributed by atoms with Gasteiger partial charge in [-0.3, -0.25) is 0 Å². The molecule has 1 aromatic carbocycles. The molecule has 0 aliphatic carbocycles. The lowest BCUT2D eigenvalue weighted by Gasteiger charge is -2.03. The van der Waals surface area contributed by atoms with Crippen molar-refractivity contribution in [2.24, 2.45) is 14.1 Å². The van der Waals surface area contributed by atoms with Gasteiger partial charge in [0.2, 0.25) is 0 Å². The van der Waals surface area contributed by atoms with Crippen LogP contribution < -0.4 is 43.1 Å². The zero-order valence-corrected chi connectivity index (χ0v) is 17.7. The summed E-state index contributed by atoms with van der Waals surface area (Å²) in [6, 6.07) is 8.92. The van der Waals surface area contributed by atoms with Crippen LogP contribution in [0.15, 0.2) is 49.1 Å². The molecule has 0 atom stereocenters. The van der Waals surface area contributed by atoms with Gasteiger partial charge in [-0.05, 0) is 11.1 Å². The van der Waals surface area contributed by atoms with Crippen molar-refractivity contribution in [2.75, 3.05) is 0 Å². The van der Waals surface area contributed by atoms with E-state index < -0.39 is 0 Å². The topological polar surface area (TPSA) is 17.6 Å². The second-order valence-electron chi connectivity index (χ2n) is 5.98. The zero-order valence-electron chi connectivity index (χ0n) is 14.6. The van der Waals surface area contributed by atoms with E-state index in [0.717, 1.165) is 13.1 Å². The summed E-state index contributed by atoms with van der Waals surface area (Å²) in [5.74, 6) is 2.53. The number of nitrogens with zero attached hydrogens (tertiary/aromatic N) is 4. The molecule has 0 unspecified atom stereocenters. The zero-order chi connectivity index (χ0) is 15.7. The van der Waals surface area contributed by atoms with E-state index in [1.165, 1.54) is 22.8 Å². The minimum atomic E-state index is 0. The molecule has 0 bridgehead atoms. The van der Waals surface area contributed by atoms with E-state index in [4.69, 9.17) is 0 Å². The first-order chi connectivity index (χ1) is 10.5. The van der Waals surface area contributed by atoms with E-state index in [1.54, 1.807) is 0 Å². The van der Waals surface area contributed by atoms with Crippen molar-refractivity contribution < 1.29 is 43.1 Å². The largest absolute Gasteiger partial charge is 1.00 e. The molecular formula is C18H24Br2N4. The Kier molecular flexibility index (Phi) is 7.42. The van der Waals surface area contributed by atoms with E-state index >= 15 is 0 Å². The van der Waals surface area contributed by atoms with Gasteiger partial charge in [-0.1, -0.05) is 24.3 Å². The number of hydrogen-bond donors (Lipinski definition) is 0. The summed E-state index contributed by atoms with van der Waals surface area (Å²) in [7, 11) is 4.16. The Morgan fingerprint density at radius 1 is 0.708 bits per heavy atom. The van der Waals surface area contributed by atoms with Gasteiger partial charge in [0.05, 0.1) is 14.1 Å². The third-order valence-electron chi connectivity index (χ3n) is 4.52. The molecule has 3 rings (SSSR count). The smallest absolute Gasteiger partial charge is 0.253 e. The average molecular weight is 456 g/mol. The van der Waals surface area contributed by atoms with Crippen LogP contribution in [0.1, 0.15) is 22.8 Å². The van der Waals surface area contributed by atoms with Crippen LogP contribution in [-0.4, -0.2) is 9.13 Å². The fraction of sp³-hybridized carbons (Fsp3) is 0.333. The molecule has 6 heteroatoms. The second-order valence-corrected chi connectivity index (χ2v) is 5.98. The van der Waals surface area contributed by atoms with Gasteiger partial charge in [0.1, 0.15) is 37.9 Å². The fourth-order valence-corrected chi connectivity index (χ4v) is 2.68. The van der Waals surface area contributed by atoms with Gasteiger partial charge in [0.25, 0.3) is 11.6 Å². The normalized spacial score (nSPS) is 10.2. The van der Waals surface area contributed by atoms with Crippen LogP contribution >= 0.6 is 0 Å². The van der Waals surface area contributed by atoms with Crippen LogP contribution in [0.2, 0.25) is 0 Å². The summed E-state index contributed by atoms with van der Waals surface area (Å²) >= 11 is 0. The van der Waals surface area contributed by atoms with Crippen LogP contribution in [-0.2, 0) is 27.2 Å². The molecule has 0 radical (unpaired) electrons.